The monoisotopic (exact) mass is 264 g/mol. The van der Waals surface area contributed by atoms with Gasteiger partial charge >= 0.3 is 0 Å². The zero-order valence-electron chi connectivity index (χ0n) is 9.71. The van der Waals surface area contributed by atoms with Crippen molar-refractivity contribution in [3.05, 3.63) is 35.1 Å². The molecule has 94 valence electrons. The Bertz CT molecular complexity index is 541. The van der Waals surface area contributed by atoms with E-state index in [0.29, 0.717) is 10.6 Å². The van der Waals surface area contributed by atoms with E-state index in [4.69, 9.17) is 10.6 Å². The van der Waals surface area contributed by atoms with Gasteiger partial charge in [0.15, 0.2) is 0 Å². The molecule has 0 unspecified atom stereocenters. The Balaban J connectivity index is 2.42. The lowest BCUT2D eigenvalue weighted by Crippen LogP contribution is -2.30. The molecule has 0 atom stereocenters. The molecule has 0 saturated heterocycles. The molecular formula is C11H12N4O2S. The van der Waals surface area contributed by atoms with Crippen LogP contribution in [0, 0.1) is 0 Å². The lowest BCUT2D eigenvalue weighted by atomic mass is 10.3. The van der Waals surface area contributed by atoms with Gasteiger partial charge in [-0.3, -0.25) is 15.2 Å². The number of nitrogens with zero attached hydrogens (tertiary/aromatic N) is 2. The lowest BCUT2D eigenvalue weighted by molar-refractivity contribution is 0.0952. The molecule has 0 bridgehead atoms. The first-order valence-electron chi connectivity index (χ1n) is 5.16. The predicted octanol–water partition coefficient (Wildman–Crippen LogP) is 0.955. The Morgan fingerprint density at radius 2 is 2.22 bits per heavy atom. The molecule has 18 heavy (non-hydrogen) atoms. The van der Waals surface area contributed by atoms with Crippen LogP contribution in [0.1, 0.15) is 15.4 Å². The number of ether oxygens (including phenoxy) is 1. The SMILES string of the molecule is COCc1nc(-c2ccncc2)sc1C(=O)NN. The minimum atomic E-state index is -0.361. The summed E-state index contributed by atoms with van der Waals surface area (Å²) in [6.45, 7) is 0.268. The molecule has 0 radical (unpaired) electrons. The van der Waals surface area contributed by atoms with Crippen molar-refractivity contribution in [3.63, 3.8) is 0 Å². The van der Waals surface area contributed by atoms with E-state index in [9.17, 15) is 4.79 Å². The molecule has 0 aliphatic carbocycles. The second-order valence-corrected chi connectivity index (χ2v) is 4.44. The van der Waals surface area contributed by atoms with Crippen molar-refractivity contribution in [2.75, 3.05) is 7.11 Å². The van der Waals surface area contributed by atoms with Crippen molar-refractivity contribution in [1.29, 1.82) is 0 Å². The maximum atomic E-state index is 11.6. The fraction of sp³-hybridized carbons (Fsp3) is 0.182. The first-order valence-corrected chi connectivity index (χ1v) is 5.98. The van der Waals surface area contributed by atoms with Gasteiger partial charge in [0.2, 0.25) is 0 Å². The molecule has 2 aromatic rings. The molecule has 0 fully saturated rings. The molecule has 0 saturated carbocycles. The minimum absolute atomic E-state index is 0.268. The second kappa shape index (κ2) is 5.67. The number of carbonyl (C=O) groups excluding carboxylic acids is 1. The van der Waals surface area contributed by atoms with Gasteiger partial charge in [-0.15, -0.1) is 11.3 Å². The highest BCUT2D eigenvalue weighted by Crippen LogP contribution is 2.28. The van der Waals surface area contributed by atoms with Gasteiger partial charge < -0.3 is 4.74 Å². The van der Waals surface area contributed by atoms with Crippen LogP contribution in [-0.2, 0) is 11.3 Å². The van der Waals surface area contributed by atoms with Gasteiger partial charge in [-0.05, 0) is 12.1 Å². The van der Waals surface area contributed by atoms with Crippen molar-refractivity contribution >= 4 is 17.2 Å². The maximum absolute atomic E-state index is 11.6. The Morgan fingerprint density at radius 1 is 1.50 bits per heavy atom. The molecule has 2 heterocycles. The lowest BCUT2D eigenvalue weighted by Gasteiger charge is -1.98. The third kappa shape index (κ3) is 2.53. The van der Waals surface area contributed by atoms with Crippen LogP contribution in [-0.4, -0.2) is 23.0 Å². The number of amides is 1. The molecule has 3 N–H and O–H groups in total. The van der Waals surface area contributed by atoms with Crippen LogP contribution in [0.3, 0.4) is 0 Å². The summed E-state index contributed by atoms with van der Waals surface area (Å²) in [6.07, 6.45) is 3.35. The summed E-state index contributed by atoms with van der Waals surface area (Å²) >= 11 is 1.27. The number of hydrogen-bond donors (Lipinski definition) is 2. The molecule has 0 aliphatic heterocycles. The highest BCUT2D eigenvalue weighted by molar-refractivity contribution is 7.17. The molecule has 0 aromatic carbocycles. The van der Waals surface area contributed by atoms with E-state index in [-0.39, 0.29) is 12.5 Å². The van der Waals surface area contributed by atoms with E-state index < -0.39 is 0 Å². The number of methoxy groups -OCH3 is 1. The van der Waals surface area contributed by atoms with E-state index >= 15 is 0 Å². The summed E-state index contributed by atoms with van der Waals surface area (Å²) in [4.78, 5) is 20.4. The largest absolute Gasteiger partial charge is 0.378 e. The summed E-state index contributed by atoms with van der Waals surface area (Å²) in [5.41, 5.74) is 3.60. The number of nitrogen functional groups attached to an aromatic ring is 1. The average Bonchev–Trinajstić information content (AvgIpc) is 2.83. The summed E-state index contributed by atoms with van der Waals surface area (Å²) < 4.78 is 5.02. The second-order valence-electron chi connectivity index (χ2n) is 3.44. The summed E-state index contributed by atoms with van der Waals surface area (Å²) in [5.74, 6) is 4.78. The van der Waals surface area contributed by atoms with Gasteiger partial charge in [-0.2, -0.15) is 0 Å². The van der Waals surface area contributed by atoms with Crippen LogP contribution in [0.4, 0.5) is 0 Å². The van der Waals surface area contributed by atoms with Gasteiger partial charge in [0.05, 0.1) is 12.3 Å². The molecule has 1 amide bonds. The summed E-state index contributed by atoms with van der Waals surface area (Å²) in [7, 11) is 1.55. The van der Waals surface area contributed by atoms with Crippen LogP contribution < -0.4 is 11.3 Å². The highest BCUT2D eigenvalue weighted by Gasteiger charge is 2.17. The molecule has 2 aromatic heterocycles. The number of nitrogens with one attached hydrogen (secondary N) is 1. The van der Waals surface area contributed by atoms with Gasteiger partial charge in [0.1, 0.15) is 9.88 Å². The number of carbonyl (C=O) groups is 1. The fourth-order valence-corrected chi connectivity index (χ4v) is 2.42. The van der Waals surface area contributed by atoms with Gasteiger partial charge in [0.25, 0.3) is 5.91 Å². The third-order valence-corrected chi connectivity index (χ3v) is 3.39. The van der Waals surface area contributed by atoms with Crippen molar-refractivity contribution in [3.8, 4) is 10.6 Å². The van der Waals surface area contributed by atoms with E-state index in [2.05, 4.69) is 15.4 Å². The van der Waals surface area contributed by atoms with Gasteiger partial charge in [0, 0.05) is 25.1 Å². The number of rotatable bonds is 4. The Morgan fingerprint density at radius 3 is 2.83 bits per heavy atom. The number of nitrogens with two attached hydrogens (primary N) is 1. The maximum Gasteiger partial charge on any atom is 0.277 e. The third-order valence-electron chi connectivity index (χ3n) is 2.24. The molecular weight excluding hydrogens is 252 g/mol. The van der Waals surface area contributed by atoms with Crippen LogP contribution in [0.5, 0.6) is 0 Å². The molecule has 0 aliphatic rings. The smallest absolute Gasteiger partial charge is 0.277 e. The number of aromatic nitrogens is 2. The minimum Gasteiger partial charge on any atom is -0.378 e. The number of thiazole rings is 1. The highest BCUT2D eigenvalue weighted by atomic mass is 32.1. The van der Waals surface area contributed by atoms with Gasteiger partial charge in [-0.25, -0.2) is 10.8 Å². The number of hydrogen-bond acceptors (Lipinski definition) is 6. The molecule has 2 rings (SSSR count). The average molecular weight is 264 g/mol. The van der Waals surface area contributed by atoms with E-state index in [1.165, 1.54) is 11.3 Å². The van der Waals surface area contributed by atoms with Crippen LogP contribution in [0.25, 0.3) is 10.6 Å². The molecule has 0 spiro atoms. The zero-order chi connectivity index (χ0) is 13.0. The van der Waals surface area contributed by atoms with Crippen molar-refractivity contribution < 1.29 is 9.53 Å². The first-order chi connectivity index (χ1) is 8.76. The zero-order valence-corrected chi connectivity index (χ0v) is 10.5. The molecule has 6 nitrogen and oxygen atoms in total. The summed E-state index contributed by atoms with van der Waals surface area (Å²) in [5, 5.41) is 0.739. The first kappa shape index (κ1) is 12.6. The van der Waals surface area contributed by atoms with E-state index in [1.54, 1.807) is 19.5 Å². The fourth-order valence-electron chi connectivity index (χ4n) is 1.45. The van der Waals surface area contributed by atoms with Crippen LogP contribution in [0.15, 0.2) is 24.5 Å². The van der Waals surface area contributed by atoms with Crippen molar-refractivity contribution in [2.24, 2.45) is 5.84 Å². The Kier molecular flexibility index (Phi) is 3.98. The number of pyridine rings is 1. The predicted molar refractivity (Wildman–Crippen MR) is 67.7 cm³/mol. The Labute approximate surface area is 108 Å². The quantitative estimate of drug-likeness (QED) is 0.487. The van der Waals surface area contributed by atoms with Crippen molar-refractivity contribution in [2.45, 2.75) is 6.61 Å². The normalized spacial score (nSPS) is 10.3. The van der Waals surface area contributed by atoms with Crippen LogP contribution in [0.2, 0.25) is 0 Å². The van der Waals surface area contributed by atoms with E-state index in [1.807, 2.05) is 12.1 Å². The topological polar surface area (TPSA) is 90.1 Å². The summed E-state index contributed by atoms with van der Waals surface area (Å²) in [6, 6.07) is 3.67. The van der Waals surface area contributed by atoms with Crippen molar-refractivity contribution in [1.82, 2.24) is 15.4 Å². The van der Waals surface area contributed by atoms with Crippen LogP contribution >= 0.6 is 11.3 Å². The van der Waals surface area contributed by atoms with Gasteiger partial charge in [-0.1, -0.05) is 0 Å². The Hall–Kier alpha value is -1.83. The molecule has 7 heteroatoms. The standard InChI is InChI=1S/C11H12N4O2S/c1-17-6-8-9(10(16)15-12)18-11(14-8)7-2-4-13-5-3-7/h2-5H,6,12H2,1H3,(H,15,16). The number of hydrazine groups is 1. The van der Waals surface area contributed by atoms with E-state index in [0.717, 1.165) is 10.6 Å².